The summed E-state index contributed by atoms with van der Waals surface area (Å²) in [6, 6.07) is 20.2. The zero-order chi connectivity index (χ0) is 20.8. The molecule has 0 bridgehead atoms. The molecule has 0 unspecified atom stereocenters. The molecule has 2 heterocycles. The number of aromatic nitrogens is 2. The van der Waals surface area contributed by atoms with E-state index in [0.717, 1.165) is 49.6 Å². The van der Waals surface area contributed by atoms with Gasteiger partial charge in [-0.3, -0.25) is 9.69 Å². The molecule has 0 aliphatic carbocycles. The first-order valence-electron chi connectivity index (χ1n) is 10.4. The van der Waals surface area contributed by atoms with Crippen LogP contribution in [0.3, 0.4) is 0 Å². The van der Waals surface area contributed by atoms with E-state index >= 15 is 0 Å². The van der Waals surface area contributed by atoms with Gasteiger partial charge >= 0.3 is 0 Å². The Kier molecular flexibility index (Phi) is 6.44. The number of anilines is 1. The predicted molar refractivity (Wildman–Crippen MR) is 118 cm³/mol. The first-order valence-corrected chi connectivity index (χ1v) is 10.4. The van der Waals surface area contributed by atoms with Crippen molar-refractivity contribution in [3.8, 4) is 5.75 Å². The first kappa shape index (κ1) is 20.2. The number of amides is 1. The molecule has 0 spiro atoms. The van der Waals surface area contributed by atoms with Gasteiger partial charge in [-0.05, 0) is 36.1 Å². The summed E-state index contributed by atoms with van der Waals surface area (Å²) in [4.78, 5) is 14.9. The monoisotopic (exact) mass is 404 g/mol. The summed E-state index contributed by atoms with van der Waals surface area (Å²) >= 11 is 0. The van der Waals surface area contributed by atoms with Crippen molar-refractivity contribution >= 4 is 11.7 Å². The number of carbonyl (C=O) groups is 1. The summed E-state index contributed by atoms with van der Waals surface area (Å²) in [7, 11) is 1.69. The molecule has 1 N–H and O–H groups in total. The minimum atomic E-state index is -0.0140. The molecule has 1 amide bonds. The average Bonchev–Trinajstić information content (AvgIpc) is 3.23. The van der Waals surface area contributed by atoms with E-state index in [1.165, 1.54) is 5.56 Å². The highest BCUT2D eigenvalue weighted by atomic mass is 16.5. The highest BCUT2D eigenvalue weighted by Crippen LogP contribution is 2.26. The van der Waals surface area contributed by atoms with Gasteiger partial charge in [0, 0.05) is 25.7 Å². The molecule has 1 saturated heterocycles. The number of rotatable bonds is 7. The van der Waals surface area contributed by atoms with Gasteiger partial charge in [0.05, 0.1) is 25.8 Å². The lowest BCUT2D eigenvalue weighted by Gasteiger charge is -2.32. The van der Waals surface area contributed by atoms with Crippen molar-refractivity contribution < 1.29 is 9.53 Å². The molecule has 2 aromatic carbocycles. The number of benzene rings is 2. The molecule has 1 aromatic heterocycles. The van der Waals surface area contributed by atoms with Crippen molar-refractivity contribution in [1.82, 2.24) is 14.7 Å². The Labute approximate surface area is 177 Å². The lowest BCUT2D eigenvalue weighted by Crippen LogP contribution is -2.35. The quantitative estimate of drug-likeness (QED) is 0.649. The van der Waals surface area contributed by atoms with Gasteiger partial charge in [0.15, 0.2) is 0 Å². The number of ether oxygens (including phenoxy) is 1. The van der Waals surface area contributed by atoms with Crippen LogP contribution in [0.4, 0.5) is 5.82 Å². The van der Waals surface area contributed by atoms with Gasteiger partial charge < -0.3 is 10.1 Å². The smallest absolute Gasteiger partial charge is 0.229 e. The number of hydrogen-bond donors (Lipinski definition) is 1. The fraction of sp³-hybridized carbons (Fsp3) is 0.333. The summed E-state index contributed by atoms with van der Waals surface area (Å²) in [5.74, 6) is 1.66. The topological polar surface area (TPSA) is 59.4 Å². The van der Waals surface area contributed by atoms with Crippen molar-refractivity contribution in [1.29, 1.82) is 0 Å². The number of hydrogen-bond acceptors (Lipinski definition) is 4. The molecule has 1 aliphatic rings. The molecule has 30 heavy (non-hydrogen) atoms. The first-order chi connectivity index (χ1) is 14.7. The second-order valence-corrected chi connectivity index (χ2v) is 7.73. The minimum absolute atomic E-state index is 0.0140. The maximum atomic E-state index is 12.4. The Balaban J connectivity index is 1.30. The predicted octanol–water partition coefficient (Wildman–Crippen LogP) is 3.91. The Morgan fingerprint density at radius 2 is 1.77 bits per heavy atom. The van der Waals surface area contributed by atoms with Crippen molar-refractivity contribution in [3.05, 3.63) is 78.0 Å². The highest BCUT2D eigenvalue weighted by Gasteiger charge is 2.23. The molecule has 156 valence electrons. The van der Waals surface area contributed by atoms with Crippen molar-refractivity contribution in [2.45, 2.75) is 31.8 Å². The third-order valence-corrected chi connectivity index (χ3v) is 5.61. The van der Waals surface area contributed by atoms with Crippen molar-refractivity contribution in [2.75, 3.05) is 25.5 Å². The van der Waals surface area contributed by atoms with Crippen molar-refractivity contribution in [3.63, 3.8) is 0 Å². The number of nitrogens with zero attached hydrogens (tertiary/aromatic N) is 3. The normalized spacial score (nSPS) is 15.1. The molecule has 3 aromatic rings. The van der Waals surface area contributed by atoms with E-state index in [2.05, 4.69) is 27.4 Å². The number of methoxy groups -OCH3 is 1. The van der Waals surface area contributed by atoms with E-state index in [-0.39, 0.29) is 5.91 Å². The fourth-order valence-electron chi connectivity index (χ4n) is 3.98. The van der Waals surface area contributed by atoms with Crippen LogP contribution in [0.1, 0.15) is 30.0 Å². The number of carbonyl (C=O) groups excluding carboxylic acids is 1. The van der Waals surface area contributed by atoms with E-state index in [4.69, 9.17) is 4.74 Å². The lowest BCUT2D eigenvalue weighted by atomic mass is 10.0. The van der Waals surface area contributed by atoms with Gasteiger partial charge in [-0.25, -0.2) is 4.68 Å². The standard InChI is InChI=1S/C24H28N4O2/c1-30-22-9-7-20(8-10-22)18-27-15-12-21(13-16-27)28-23(11-14-25-28)26-24(29)17-19-5-3-2-4-6-19/h2-11,14,21H,12-13,15-18H2,1H3,(H,26,29). The third kappa shape index (κ3) is 5.07. The lowest BCUT2D eigenvalue weighted by molar-refractivity contribution is -0.115. The van der Waals surface area contributed by atoms with Crippen LogP contribution in [-0.4, -0.2) is 40.8 Å². The van der Waals surface area contributed by atoms with Crippen LogP contribution in [-0.2, 0) is 17.8 Å². The van der Waals surface area contributed by atoms with Crippen molar-refractivity contribution in [2.24, 2.45) is 0 Å². The number of nitrogens with one attached hydrogen (secondary N) is 1. The summed E-state index contributed by atoms with van der Waals surface area (Å²) in [6.07, 6.45) is 4.16. The van der Waals surface area contributed by atoms with E-state index in [9.17, 15) is 4.79 Å². The van der Waals surface area contributed by atoms with E-state index < -0.39 is 0 Å². The molecule has 4 rings (SSSR count). The zero-order valence-electron chi connectivity index (χ0n) is 17.3. The molecule has 1 aliphatic heterocycles. The third-order valence-electron chi connectivity index (χ3n) is 5.61. The molecule has 6 nitrogen and oxygen atoms in total. The van der Waals surface area contributed by atoms with E-state index in [1.807, 2.05) is 53.2 Å². The molecule has 6 heteroatoms. The molecular formula is C24H28N4O2. The Morgan fingerprint density at radius 3 is 2.47 bits per heavy atom. The van der Waals surface area contributed by atoms with Crippen LogP contribution in [0.2, 0.25) is 0 Å². The maximum Gasteiger partial charge on any atom is 0.229 e. The Bertz CT molecular complexity index is 945. The van der Waals surface area contributed by atoms with Crippen LogP contribution < -0.4 is 10.1 Å². The van der Waals surface area contributed by atoms with Gasteiger partial charge in [0.25, 0.3) is 0 Å². The van der Waals surface area contributed by atoms with Gasteiger partial charge in [-0.15, -0.1) is 0 Å². The molecule has 0 atom stereocenters. The largest absolute Gasteiger partial charge is 0.497 e. The van der Waals surface area contributed by atoms with Gasteiger partial charge in [-0.2, -0.15) is 5.10 Å². The Hall–Kier alpha value is -3.12. The minimum Gasteiger partial charge on any atom is -0.497 e. The molecule has 0 radical (unpaired) electrons. The summed E-state index contributed by atoms with van der Waals surface area (Å²) in [5.41, 5.74) is 2.30. The summed E-state index contributed by atoms with van der Waals surface area (Å²) in [5, 5.41) is 7.53. The Morgan fingerprint density at radius 1 is 1.03 bits per heavy atom. The number of likely N-dealkylation sites (tertiary alicyclic amines) is 1. The molecule has 1 fully saturated rings. The van der Waals surface area contributed by atoms with Crippen LogP contribution in [0.15, 0.2) is 66.9 Å². The van der Waals surface area contributed by atoms with Crippen LogP contribution in [0.25, 0.3) is 0 Å². The molecular weight excluding hydrogens is 376 g/mol. The van der Waals surface area contributed by atoms with Gasteiger partial charge in [0.2, 0.25) is 5.91 Å². The fourth-order valence-corrected chi connectivity index (χ4v) is 3.98. The number of piperidine rings is 1. The van der Waals surface area contributed by atoms with E-state index in [1.54, 1.807) is 13.3 Å². The summed E-state index contributed by atoms with van der Waals surface area (Å²) < 4.78 is 7.21. The SMILES string of the molecule is COc1ccc(CN2CCC(n3nccc3NC(=O)Cc3ccccc3)CC2)cc1. The van der Waals surface area contributed by atoms with Gasteiger partial charge in [0.1, 0.15) is 11.6 Å². The second kappa shape index (κ2) is 9.59. The van der Waals surface area contributed by atoms with Crippen LogP contribution >= 0.6 is 0 Å². The highest BCUT2D eigenvalue weighted by molar-refractivity contribution is 5.91. The maximum absolute atomic E-state index is 12.4. The summed E-state index contributed by atoms with van der Waals surface area (Å²) in [6.45, 7) is 2.96. The average molecular weight is 405 g/mol. The van der Waals surface area contributed by atoms with Crippen LogP contribution in [0.5, 0.6) is 5.75 Å². The molecule has 0 saturated carbocycles. The second-order valence-electron chi connectivity index (χ2n) is 7.73. The van der Waals surface area contributed by atoms with Gasteiger partial charge in [-0.1, -0.05) is 42.5 Å². The van der Waals surface area contributed by atoms with E-state index in [0.29, 0.717) is 12.5 Å². The zero-order valence-corrected chi connectivity index (χ0v) is 17.3. The van der Waals surface area contributed by atoms with Crippen LogP contribution in [0, 0.1) is 0 Å².